The van der Waals surface area contributed by atoms with Crippen molar-refractivity contribution < 1.29 is 0 Å². The Kier molecular flexibility index (Phi) is 3.15. The second-order valence-electron chi connectivity index (χ2n) is 3.52. The van der Waals surface area contributed by atoms with E-state index in [2.05, 4.69) is 34.3 Å². The maximum absolute atomic E-state index is 4.46. The Morgan fingerprint density at radius 2 is 1.94 bits per heavy atom. The van der Waals surface area contributed by atoms with Gasteiger partial charge in [-0.25, -0.2) is 9.97 Å². The summed E-state index contributed by atoms with van der Waals surface area (Å²) in [6, 6.07) is 10.2. The van der Waals surface area contributed by atoms with Crippen LogP contribution in [0.4, 0.5) is 5.95 Å². The number of aromatic nitrogens is 2. The number of rotatable bonds is 3. The lowest BCUT2D eigenvalue weighted by Crippen LogP contribution is -2.01. The van der Waals surface area contributed by atoms with Crippen molar-refractivity contribution in [2.75, 3.05) is 12.4 Å². The summed E-state index contributed by atoms with van der Waals surface area (Å²) in [6.45, 7) is 2.11. The van der Waals surface area contributed by atoms with Crippen LogP contribution in [0.5, 0.6) is 0 Å². The minimum atomic E-state index is 0.677. The largest absolute Gasteiger partial charge is 0.357 e. The fraction of sp³-hybridized carbons (Fsp3) is 0.231. The highest BCUT2D eigenvalue weighted by Crippen LogP contribution is 2.22. The number of anilines is 1. The molecule has 0 bridgehead atoms. The first-order chi connectivity index (χ1) is 7.85. The van der Waals surface area contributed by atoms with Crippen LogP contribution in [0.25, 0.3) is 11.1 Å². The highest BCUT2D eigenvalue weighted by atomic mass is 15.1. The van der Waals surface area contributed by atoms with Gasteiger partial charge in [0.1, 0.15) is 0 Å². The normalized spacial score (nSPS) is 10.1. The SMILES string of the molecule is CCc1nc(NC)ncc1-c1ccccc1. The Balaban J connectivity index is 2.49. The van der Waals surface area contributed by atoms with Crippen molar-refractivity contribution >= 4 is 5.95 Å². The van der Waals surface area contributed by atoms with Gasteiger partial charge in [0.25, 0.3) is 0 Å². The summed E-state index contributed by atoms with van der Waals surface area (Å²) in [7, 11) is 1.83. The van der Waals surface area contributed by atoms with Gasteiger partial charge in [0.05, 0.1) is 5.69 Å². The molecule has 0 aliphatic rings. The maximum Gasteiger partial charge on any atom is 0.222 e. The van der Waals surface area contributed by atoms with Gasteiger partial charge in [-0.05, 0) is 12.0 Å². The minimum absolute atomic E-state index is 0.677. The van der Waals surface area contributed by atoms with Gasteiger partial charge in [-0.1, -0.05) is 37.3 Å². The van der Waals surface area contributed by atoms with Gasteiger partial charge < -0.3 is 5.32 Å². The van der Waals surface area contributed by atoms with Crippen LogP contribution in [0.15, 0.2) is 36.5 Å². The van der Waals surface area contributed by atoms with Gasteiger partial charge >= 0.3 is 0 Å². The van der Waals surface area contributed by atoms with E-state index in [0.29, 0.717) is 5.95 Å². The maximum atomic E-state index is 4.46. The summed E-state index contributed by atoms with van der Waals surface area (Å²) in [5.41, 5.74) is 3.36. The van der Waals surface area contributed by atoms with E-state index in [0.717, 1.165) is 17.7 Å². The molecule has 0 atom stereocenters. The molecule has 3 nitrogen and oxygen atoms in total. The van der Waals surface area contributed by atoms with Crippen LogP contribution in [-0.2, 0) is 6.42 Å². The monoisotopic (exact) mass is 213 g/mol. The Labute approximate surface area is 95.6 Å². The van der Waals surface area contributed by atoms with Crippen molar-refractivity contribution in [1.29, 1.82) is 0 Å². The summed E-state index contributed by atoms with van der Waals surface area (Å²) < 4.78 is 0. The van der Waals surface area contributed by atoms with Gasteiger partial charge in [0.2, 0.25) is 5.95 Å². The van der Waals surface area contributed by atoms with Gasteiger partial charge in [-0.3, -0.25) is 0 Å². The summed E-state index contributed by atoms with van der Waals surface area (Å²) in [5.74, 6) is 0.677. The van der Waals surface area contributed by atoms with E-state index in [4.69, 9.17) is 0 Å². The van der Waals surface area contributed by atoms with Crippen LogP contribution in [-0.4, -0.2) is 17.0 Å². The zero-order valence-corrected chi connectivity index (χ0v) is 9.57. The van der Waals surface area contributed by atoms with E-state index in [1.165, 1.54) is 5.56 Å². The number of benzene rings is 1. The Hall–Kier alpha value is -1.90. The summed E-state index contributed by atoms with van der Waals surface area (Å²) in [4.78, 5) is 8.72. The minimum Gasteiger partial charge on any atom is -0.357 e. The smallest absolute Gasteiger partial charge is 0.222 e. The fourth-order valence-electron chi connectivity index (χ4n) is 1.67. The van der Waals surface area contributed by atoms with Crippen molar-refractivity contribution in [3.05, 3.63) is 42.2 Å². The molecule has 2 rings (SSSR count). The average Bonchev–Trinajstić information content (AvgIpc) is 2.39. The lowest BCUT2D eigenvalue weighted by molar-refractivity contribution is 1.00. The lowest BCUT2D eigenvalue weighted by atomic mass is 10.0. The first kappa shape index (κ1) is 10.6. The number of hydrogen-bond donors (Lipinski definition) is 1. The number of hydrogen-bond acceptors (Lipinski definition) is 3. The van der Waals surface area contributed by atoms with E-state index in [9.17, 15) is 0 Å². The van der Waals surface area contributed by atoms with Crippen LogP contribution in [0.1, 0.15) is 12.6 Å². The van der Waals surface area contributed by atoms with E-state index in [1.54, 1.807) is 0 Å². The van der Waals surface area contributed by atoms with Gasteiger partial charge in [-0.15, -0.1) is 0 Å². The molecular formula is C13H15N3. The molecule has 82 valence electrons. The second-order valence-corrected chi connectivity index (χ2v) is 3.52. The van der Waals surface area contributed by atoms with E-state index in [1.807, 2.05) is 31.4 Å². The van der Waals surface area contributed by atoms with Crippen LogP contribution in [0.3, 0.4) is 0 Å². The van der Waals surface area contributed by atoms with Crippen molar-refractivity contribution in [3.63, 3.8) is 0 Å². The summed E-state index contributed by atoms with van der Waals surface area (Å²) >= 11 is 0. The third-order valence-corrected chi connectivity index (χ3v) is 2.51. The highest BCUT2D eigenvalue weighted by Gasteiger charge is 2.06. The third kappa shape index (κ3) is 2.03. The predicted molar refractivity (Wildman–Crippen MR) is 66.4 cm³/mol. The van der Waals surface area contributed by atoms with Crippen molar-refractivity contribution in [2.45, 2.75) is 13.3 Å². The molecule has 1 aromatic heterocycles. The summed E-state index contributed by atoms with van der Waals surface area (Å²) in [6.07, 6.45) is 2.79. The third-order valence-electron chi connectivity index (χ3n) is 2.51. The van der Waals surface area contributed by atoms with Crippen LogP contribution in [0.2, 0.25) is 0 Å². The Morgan fingerprint density at radius 1 is 1.19 bits per heavy atom. The van der Waals surface area contributed by atoms with Crippen LogP contribution >= 0.6 is 0 Å². The van der Waals surface area contributed by atoms with E-state index in [-0.39, 0.29) is 0 Å². The molecule has 1 heterocycles. The van der Waals surface area contributed by atoms with Crippen molar-refractivity contribution in [2.24, 2.45) is 0 Å². The molecule has 0 aliphatic heterocycles. The quantitative estimate of drug-likeness (QED) is 0.851. The molecule has 0 fully saturated rings. The van der Waals surface area contributed by atoms with Crippen LogP contribution in [0, 0.1) is 0 Å². The topological polar surface area (TPSA) is 37.8 Å². The fourth-order valence-corrected chi connectivity index (χ4v) is 1.67. The van der Waals surface area contributed by atoms with Crippen molar-refractivity contribution in [3.8, 4) is 11.1 Å². The van der Waals surface area contributed by atoms with Crippen molar-refractivity contribution in [1.82, 2.24) is 9.97 Å². The number of aryl methyl sites for hydroxylation is 1. The molecule has 0 aliphatic carbocycles. The Morgan fingerprint density at radius 3 is 2.56 bits per heavy atom. The molecular weight excluding hydrogens is 198 g/mol. The molecule has 1 aromatic carbocycles. The summed E-state index contributed by atoms with van der Waals surface area (Å²) in [5, 5.41) is 2.96. The van der Waals surface area contributed by atoms with Gasteiger partial charge in [-0.2, -0.15) is 0 Å². The first-order valence-electron chi connectivity index (χ1n) is 5.44. The van der Waals surface area contributed by atoms with Crippen LogP contribution < -0.4 is 5.32 Å². The molecule has 0 radical (unpaired) electrons. The molecule has 2 aromatic rings. The molecule has 3 heteroatoms. The van der Waals surface area contributed by atoms with Gasteiger partial charge in [0, 0.05) is 18.8 Å². The molecule has 16 heavy (non-hydrogen) atoms. The van der Waals surface area contributed by atoms with E-state index < -0.39 is 0 Å². The molecule has 0 spiro atoms. The second kappa shape index (κ2) is 4.75. The Bertz CT molecular complexity index is 466. The number of nitrogens with one attached hydrogen (secondary N) is 1. The van der Waals surface area contributed by atoms with E-state index >= 15 is 0 Å². The molecule has 0 amide bonds. The molecule has 0 saturated carbocycles. The molecule has 0 saturated heterocycles. The predicted octanol–water partition coefficient (Wildman–Crippen LogP) is 2.75. The first-order valence-corrected chi connectivity index (χ1v) is 5.44. The standard InChI is InChI=1S/C13H15N3/c1-3-12-11(9-15-13(14-2)16-12)10-7-5-4-6-8-10/h4-9H,3H2,1-2H3,(H,14,15,16). The molecule has 0 unspecified atom stereocenters. The highest BCUT2D eigenvalue weighted by molar-refractivity contribution is 5.65. The molecule has 1 N–H and O–H groups in total. The number of nitrogens with zero attached hydrogens (tertiary/aromatic N) is 2. The average molecular weight is 213 g/mol. The lowest BCUT2D eigenvalue weighted by Gasteiger charge is -2.08. The van der Waals surface area contributed by atoms with Gasteiger partial charge in [0.15, 0.2) is 0 Å². The zero-order chi connectivity index (χ0) is 11.4. The zero-order valence-electron chi connectivity index (χ0n) is 9.57.